The summed E-state index contributed by atoms with van der Waals surface area (Å²) in [5, 5.41) is 5.15. The highest BCUT2D eigenvalue weighted by atomic mass is 32.2. The van der Waals surface area contributed by atoms with Gasteiger partial charge in [-0.1, -0.05) is 13.0 Å². The number of aromatic nitrogens is 1. The minimum Gasteiger partial charge on any atom is -0.315 e. The molecule has 5 nitrogen and oxygen atoms in total. The van der Waals surface area contributed by atoms with Crippen LogP contribution in [0.1, 0.15) is 13.3 Å². The first-order valence-corrected chi connectivity index (χ1v) is 9.06. The zero-order valence-electron chi connectivity index (χ0n) is 12.7. The third kappa shape index (κ3) is 3.14. The van der Waals surface area contributed by atoms with E-state index >= 15 is 0 Å². The number of sulfonamides is 1. The molecule has 6 heteroatoms. The van der Waals surface area contributed by atoms with Crippen molar-refractivity contribution >= 4 is 20.8 Å². The summed E-state index contributed by atoms with van der Waals surface area (Å²) in [6.07, 6.45) is 4.30. The maximum atomic E-state index is 12.9. The first-order valence-electron chi connectivity index (χ1n) is 7.62. The van der Waals surface area contributed by atoms with Crippen LogP contribution >= 0.6 is 0 Å². The van der Waals surface area contributed by atoms with Crippen LogP contribution in [0, 0.1) is 5.92 Å². The molecule has 0 radical (unpaired) electrons. The molecular weight excluding hydrogens is 298 g/mol. The van der Waals surface area contributed by atoms with Gasteiger partial charge in [-0.2, -0.15) is 4.31 Å². The summed E-state index contributed by atoms with van der Waals surface area (Å²) in [4.78, 5) is 4.42. The summed E-state index contributed by atoms with van der Waals surface area (Å²) in [5.74, 6) is 0.487. The van der Waals surface area contributed by atoms with E-state index in [1.54, 1.807) is 28.8 Å². The van der Waals surface area contributed by atoms with E-state index in [9.17, 15) is 8.42 Å². The minimum absolute atomic E-state index is 0.361. The molecule has 0 bridgehead atoms. The van der Waals surface area contributed by atoms with Gasteiger partial charge in [0.1, 0.15) is 0 Å². The van der Waals surface area contributed by atoms with E-state index in [0.29, 0.717) is 30.4 Å². The van der Waals surface area contributed by atoms with Crippen molar-refractivity contribution < 1.29 is 8.42 Å². The molecule has 0 amide bonds. The first-order chi connectivity index (χ1) is 10.6. The summed E-state index contributed by atoms with van der Waals surface area (Å²) in [7, 11) is -3.44. The van der Waals surface area contributed by atoms with Crippen molar-refractivity contribution in [2.45, 2.75) is 18.2 Å². The Balaban J connectivity index is 1.92. The number of benzene rings is 1. The van der Waals surface area contributed by atoms with Crippen LogP contribution in [0.15, 0.2) is 41.6 Å². The third-order valence-electron chi connectivity index (χ3n) is 4.15. The van der Waals surface area contributed by atoms with E-state index in [4.69, 9.17) is 0 Å². The summed E-state index contributed by atoms with van der Waals surface area (Å²) in [6, 6.07) is 7.07. The fourth-order valence-electron chi connectivity index (χ4n) is 2.74. The lowest BCUT2D eigenvalue weighted by Crippen LogP contribution is -2.41. The van der Waals surface area contributed by atoms with Gasteiger partial charge < -0.3 is 5.32 Å². The zero-order chi connectivity index (χ0) is 15.6. The van der Waals surface area contributed by atoms with Crippen molar-refractivity contribution in [2.24, 2.45) is 5.92 Å². The van der Waals surface area contributed by atoms with Gasteiger partial charge in [0.15, 0.2) is 0 Å². The molecule has 1 atom stereocenters. The summed E-state index contributed by atoms with van der Waals surface area (Å²) in [6.45, 7) is 4.90. The number of pyridine rings is 1. The van der Waals surface area contributed by atoms with Gasteiger partial charge in [-0.05, 0) is 42.5 Å². The lowest BCUT2D eigenvalue weighted by Gasteiger charge is -2.27. The van der Waals surface area contributed by atoms with Crippen molar-refractivity contribution in [3.8, 4) is 0 Å². The quantitative estimate of drug-likeness (QED) is 0.918. The SMILES string of the molecule is CC1CCN(S(=O)(=O)c2ccc3cnccc3c2)CCNC1. The molecule has 2 aromatic rings. The summed E-state index contributed by atoms with van der Waals surface area (Å²) < 4.78 is 27.4. The molecule has 0 spiro atoms. The molecule has 0 aliphatic carbocycles. The highest BCUT2D eigenvalue weighted by molar-refractivity contribution is 7.89. The largest absolute Gasteiger partial charge is 0.315 e. The Morgan fingerprint density at radius 3 is 2.95 bits per heavy atom. The molecule has 1 aliphatic heterocycles. The number of nitrogens with zero attached hydrogens (tertiary/aromatic N) is 2. The van der Waals surface area contributed by atoms with Crippen LogP contribution in [0.2, 0.25) is 0 Å². The lowest BCUT2D eigenvalue weighted by atomic mass is 10.1. The molecule has 3 rings (SSSR count). The molecule has 0 saturated carbocycles. The van der Waals surface area contributed by atoms with Crippen molar-refractivity contribution in [1.82, 2.24) is 14.6 Å². The standard InChI is InChI=1S/C16H21N3O2S/c1-13-5-8-19(9-7-18-11-13)22(20,21)16-3-2-15-12-17-6-4-14(15)10-16/h2-4,6,10,12-13,18H,5,7-9,11H2,1H3. The van der Waals surface area contributed by atoms with Crippen LogP contribution in [0.4, 0.5) is 0 Å². The van der Waals surface area contributed by atoms with Gasteiger partial charge in [0.25, 0.3) is 0 Å². The predicted octanol–water partition coefficient (Wildman–Crippen LogP) is 1.85. The number of nitrogens with one attached hydrogen (secondary N) is 1. The number of fused-ring (bicyclic) bond motifs is 1. The maximum absolute atomic E-state index is 12.9. The number of hydrogen-bond acceptors (Lipinski definition) is 4. The molecule has 1 aromatic heterocycles. The summed E-state index contributed by atoms with van der Waals surface area (Å²) >= 11 is 0. The van der Waals surface area contributed by atoms with Gasteiger partial charge in [-0.25, -0.2) is 8.42 Å². The predicted molar refractivity (Wildman–Crippen MR) is 87.2 cm³/mol. The van der Waals surface area contributed by atoms with Crippen LogP contribution in [0.25, 0.3) is 10.8 Å². The number of rotatable bonds is 2. The Hall–Kier alpha value is -1.50. The topological polar surface area (TPSA) is 62.3 Å². The fraction of sp³-hybridized carbons (Fsp3) is 0.438. The lowest BCUT2D eigenvalue weighted by molar-refractivity contribution is 0.332. The second-order valence-electron chi connectivity index (χ2n) is 5.89. The third-order valence-corrected chi connectivity index (χ3v) is 6.05. The molecule has 2 heterocycles. The van der Waals surface area contributed by atoms with Gasteiger partial charge in [-0.15, -0.1) is 0 Å². The van der Waals surface area contributed by atoms with Crippen molar-refractivity contribution in [2.75, 3.05) is 26.2 Å². The van der Waals surface area contributed by atoms with E-state index in [0.717, 1.165) is 23.7 Å². The summed E-state index contributed by atoms with van der Waals surface area (Å²) in [5.41, 5.74) is 0. The van der Waals surface area contributed by atoms with Gasteiger partial charge in [0.05, 0.1) is 4.90 Å². The van der Waals surface area contributed by atoms with E-state index < -0.39 is 10.0 Å². The zero-order valence-corrected chi connectivity index (χ0v) is 13.5. The first kappa shape index (κ1) is 15.4. The normalized spacial score (nSPS) is 21.4. The van der Waals surface area contributed by atoms with Gasteiger partial charge in [0, 0.05) is 37.4 Å². The Morgan fingerprint density at radius 2 is 2.09 bits per heavy atom. The highest BCUT2D eigenvalue weighted by Crippen LogP contribution is 2.22. The van der Waals surface area contributed by atoms with E-state index in [1.807, 2.05) is 12.1 Å². The second kappa shape index (κ2) is 6.32. The highest BCUT2D eigenvalue weighted by Gasteiger charge is 2.25. The Kier molecular flexibility index (Phi) is 4.42. The van der Waals surface area contributed by atoms with Crippen LogP contribution in [-0.2, 0) is 10.0 Å². The second-order valence-corrected chi connectivity index (χ2v) is 7.82. The molecule has 1 saturated heterocycles. The van der Waals surface area contributed by atoms with Crippen molar-refractivity contribution in [1.29, 1.82) is 0 Å². The molecule has 22 heavy (non-hydrogen) atoms. The van der Waals surface area contributed by atoms with Gasteiger partial charge in [-0.3, -0.25) is 4.98 Å². The molecular formula is C16H21N3O2S. The monoisotopic (exact) mass is 319 g/mol. The Labute approximate surface area is 131 Å². The Bertz CT molecular complexity index is 761. The molecule has 1 aromatic carbocycles. The smallest absolute Gasteiger partial charge is 0.243 e. The van der Waals surface area contributed by atoms with E-state index in [2.05, 4.69) is 17.2 Å². The van der Waals surface area contributed by atoms with Crippen LogP contribution in [0.3, 0.4) is 0 Å². The van der Waals surface area contributed by atoms with Crippen LogP contribution in [-0.4, -0.2) is 43.9 Å². The van der Waals surface area contributed by atoms with Crippen LogP contribution < -0.4 is 5.32 Å². The average Bonchev–Trinajstić information content (AvgIpc) is 2.50. The number of hydrogen-bond donors (Lipinski definition) is 1. The van der Waals surface area contributed by atoms with Crippen molar-refractivity contribution in [3.05, 3.63) is 36.7 Å². The molecule has 1 aliphatic rings. The molecule has 1 unspecified atom stereocenters. The average molecular weight is 319 g/mol. The maximum Gasteiger partial charge on any atom is 0.243 e. The van der Waals surface area contributed by atoms with Crippen molar-refractivity contribution in [3.63, 3.8) is 0 Å². The molecule has 1 N–H and O–H groups in total. The molecule has 118 valence electrons. The fourth-order valence-corrected chi connectivity index (χ4v) is 4.23. The minimum atomic E-state index is -3.44. The van der Waals surface area contributed by atoms with Gasteiger partial charge in [0.2, 0.25) is 10.0 Å². The Morgan fingerprint density at radius 1 is 1.23 bits per heavy atom. The van der Waals surface area contributed by atoms with Gasteiger partial charge >= 0.3 is 0 Å². The van der Waals surface area contributed by atoms with Crippen LogP contribution in [0.5, 0.6) is 0 Å². The molecule has 1 fully saturated rings. The van der Waals surface area contributed by atoms with E-state index in [-0.39, 0.29) is 0 Å². The van der Waals surface area contributed by atoms with E-state index in [1.165, 1.54) is 0 Å².